The van der Waals surface area contributed by atoms with Crippen LogP contribution in [0.3, 0.4) is 0 Å². The Balaban J connectivity index is 2.13. The summed E-state index contributed by atoms with van der Waals surface area (Å²) in [6, 6.07) is 0. The first kappa shape index (κ1) is 13.9. The molecule has 1 atom stereocenters. The fourth-order valence-electron chi connectivity index (χ4n) is 2.16. The van der Waals surface area contributed by atoms with E-state index in [9.17, 15) is 8.42 Å². The lowest BCUT2D eigenvalue weighted by molar-refractivity contribution is 0.390. The zero-order valence-electron chi connectivity index (χ0n) is 10.2. The summed E-state index contributed by atoms with van der Waals surface area (Å²) in [7, 11) is -2.78. The Morgan fingerprint density at radius 3 is 2.50 bits per heavy atom. The molecule has 0 amide bonds. The molecule has 0 aromatic carbocycles. The predicted molar refractivity (Wildman–Crippen MR) is 67.2 cm³/mol. The molecule has 5 heteroatoms. The SMILES string of the molecule is CC1(NCCCCCCN)CCS(=O)(=O)C1. The van der Waals surface area contributed by atoms with Gasteiger partial charge in [0.05, 0.1) is 11.5 Å². The van der Waals surface area contributed by atoms with Crippen LogP contribution < -0.4 is 11.1 Å². The van der Waals surface area contributed by atoms with Crippen molar-refractivity contribution in [2.24, 2.45) is 5.73 Å². The van der Waals surface area contributed by atoms with Crippen molar-refractivity contribution in [3.63, 3.8) is 0 Å². The molecule has 1 rings (SSSR count). The minimum absolute atomic E-state index is 0.188. The van der Waals surface area contributed by atoms with Crippen molar-refractivity contribution in [3.8, 4) is 0 Å². The van der Waals surface area contributed by atoms with Gasteiger partial charge in [-0.1, -0.05) is 12.8 Å². The van der Waals surface area contributed by atoms with Crippen LogP contribution in [0.1, 0.15) is 39.0 Å². The van der Waals surface area contributed by atoms with Crippen molar-refractivity contribution < 1.29 is 8.42 Å². The molecule has 1 aliphatic rings. The van der Waals surface area contributed by atoms with Gasteiger partial charge in [0, 0.05) is 5.54 Å². The van der Waals surface area contributed by atoms with Gasteiger partial charge in [-0.3, -0.25) is 0 Å². The first-order valence-electron chi connectivity index (χ1n) is 6.13. The van der Waals surface area contributed by atoms with Gasteiger partial charge in [-0.05, 0) is 39.3 Å². The standard InChI is InChI=1S/C11H24N2O2S/c1-11(6-9-16(14,15)10-11)13-8-5-3-2-4-7-12/h13H,2-10,12H2,1H3. The van der Waals surface area contributed by atoms with Gasteiger partial charge in [0.15, 0.2) is 9.84 Å². The van der Waals surface area contributed by atoms with Crippen molar-refractivity contribution in [3.05, 3.63) is 0 Å². The predicted octanol–water partition coefficient (Wildman–Crippen LogP) is 0.672. The summed E-state index contributed by atoms with van der Waals surface area (Å²) < 4.78 is 22.7. The van der Waals surface area contributed by atoms with Crippen LogP contribution in [-0.4, -0.2) is 38.6 Å². The molecule has 0 bridgehead atoms. The summed E-state index contributed by atoms with van der Waals surface area (Å²) in [5.74, 6) is 0.631. The van der Waals surface area contributed by atoms with E-state index in [4.69, 9.17) is 5.73 Å². The highest BCUT2D eigenvalue weighted by Crippen LogP contribution is 2.22. The molecular formula is C11H24N2O2S. The Bertz CT molecular complexity index is 303. The molecule has 3 N–H and O–H groups in total. The number of rotatable bonds is 7. The quantitative estimate of drug-likeness (QED) is 0.650. The highest BCUT2D eigenvalue weighted by molar-refractivity contribution is 7.91. The van der Waals surface area contributed by atoms with E-state index in [0.29, 0.717) is 11.5 Å². The van der Waals surface area contributed by atoms with Crippen molar-refractivity contribution in [2.75, 3.05) is 24.6 Å². The van der Waals surface area contributed by atoms with E-state index in [-0.39, 0.29) is 5.54 Å². The summed E-state index contributed by atoms with van der Waals surface area (Å²) in [5.41, 5.74) is 5.22. The molecule has 0 aromatic rings. The van der Waals surface area contributed by atoms with Crippen LogP contribution in [0, 0.1) is 0 Å². The minimum Gasteiger partial charge on any atom is -0.330 e. The second kappa shape index (κ2) is 5.98. The molecule has 1 saturated heterocycles. The Labute approximate surface area is 98.9 Å². The maximum Gasteiger partial charge on any atom is 0.152 e. The highest BCUT2D eigenvalue weighted by atomic mass is 32.2. The van der Waals surface area contributed by atoms with E-state index in [0.717, 1.165) is 32.4 Å². The Morgan fingerprint density at radius 1 is 1.25 bits per heavy atom. The van der Waals surface area contributed by atoms with E-state index < -0.39 is 9.84 Å². The third-order valence-electron chi connectivity index (χ3n) is 3.19. The van der Waals surface area contributed by atoms with Crippen molar-refractivity contribution in [1.29, 1.82) is 0 Å². The fourth-order valence-corrected chi connectivity index (χ4v) is 4.29. The number of hydrogen-bond donors (Lipinski definition) is 2. The molecule has 0 spiro atoms. The molecule has 1 aliphatic heterocycles. The third-order valence-corrected chi connectivity index (χ3v) is 5.09. The average molecular weight is 248 g/mol. The van der Waals surface area contributed by atoms with E-state index in [1.54, 1.807) is 0 Å². The van der Waals surface area contributed by atoms with Crippen LogP contribution in [0.25, 0.3) is 0 Å². The van der Waals surface area contributed by atoms with E-state index in [1.807, 2.05) is 6.92 Å². The molecule has 16 heavy (non-hydrogen) atoms. The Morgan fingerprint density at radius 2 is 1.94 bits per heavy atom. The van der Waals surface area contributed by atoms with E-state index >= 15 is 0 Å². The number of nitrogens with one attached hydrogen (secondary N) is 1. The minimum atomic E-state index is -2.78. The lowest BCUT2D eigenvalue weighted by atomic mass is 10.0. The zero-order valence-corrected chi connectivity index (χ0v) is 11.0. The van der Waals surface area contributed by atoms with Crippen LogP contribution in [-0.2, 0) is 9.84 Å². The molecule has 96 valence electrons. The maximum absolute atomic E-state index is 11.4. The third kappa shape index (κ3) is 4.80. The summed E-state index contributed by atoms with van der Waals surface area (Å²) >= 11 is 0. The molecule has 4 nitrogen and oxygen atoms in total. The molecule has 1 unspecified atom stereocenters. The maximum atomic E-state index is 11.4. The lowest BCUT2D eigenvalue weighted by Gasteiger charge is -2.23. The normalized spacial score (nSPS) is 28.4. The first-order chi connectivity index (χ1) is 7.47. The molecule has 0 aliphatic carbocycles. The summed E-state index contributed by atoms with van der Waals surface area (Å²) in [6.45, 7) is 3.69. The van der Waals surface area contributed by atoms with Crippen molar-refractivity contribution in [1.82, 2.24) is 5.32 Å². The number of hydrogen-bond acceptors (Lipinski definition) is 4. The molecule has 0 aromatic heterocycles. The largest absolute Gasteiger partial charge is 0.330 e. The summed E-state index contributed by atoms with van der Waals surface area (Å²) in [4.78, 5) is 0. The van der Waals surface area contributed by atoms with Gasteiger partial charge in [-0.2, -0.15) is 0 Å². The van der Waals surface area contributed by atoms with Gasteiger partial charge < -0.3 is 11.1 Å². The fraction of sp³-hybridized carbons (Fsp3) is 1.00. The first-order valence-corrected chi connectivity index (χ1v) is 7.95. The Kier molecular flexibility index (Phi) is 5.21. The molecule has 0 saturated carbocycles. The number of sulfone groups is 1. The van der Waals surface area contributed by atoms with Crippen LogP contribution in [0.15, 0.2) is 0 Å². The number of nitrogens with two attached hydrogens (primary N) is 1. The zero-order chi connectivity index (χ0) is 12.1. The molecule has 1 fully saturated rings. The highest BCUT2D eigenvalue weighted by Gasteiger charge is 2.37. The van der Waals surface area contributed by atoms with Crippen LogP contribution >= 0.6 is 0 Å². The van der Waals surface area contributed by atoms with Gasteiger partial charge >= 0.3 is 0 Å². The van der Waals surface area contributed by atoms with Gasteiger partial charge in [0.1, 0.15) is 0 Å². The molecule has 0 radical (unpaired) electrons. The van der Waals surface area contributed by atoms with Gasteiger partial charge in [-0.25, -0.2) is 8.42 Å². The van der Waals surface area contributed by atoms with Crippen molar-refractivity contribution >= 4 is 9.84 Å². The van der Waals surface area contributed by atoms with Crippen LogP contribution in [0.5, 0.6) is 0 Å². The average Bonchev–Trinajstić information content (AvgIpc) is 2.47. The van der Waals surface area contributed by atoms with Crippen LogP contribution in [0.4, 0.5) is 0 Å². The second-order valence-electron chi connectivity index (χ2n) is 5.03. The molecule has 1 heterocycles. The molecular weight excluding hydrogens is 224 g/mol. The van der Waals surface area contributed by atoms with Crippen molar-refractivity contribution in [2.45, 2.75) is 44.6 Å². The van der Waals surface area contributed by atoms with E-state index in [1.165, 1.54) is 12.8 Å². The monoisotopic (exact) mass is 248 g/mol. The van der Waals surface area contributed by atoms with Gasteiger partial charge in [-0.15, -0.1) is 0 Å². The summed E-state index contributed by atoms with van der Waals surface area (Å²) in [5, 5.41) is 3.38. The van der Waals surface area contributed by atoms with E-state index in [2.05, 4.69) is 5.32 Å². The van der Waals surface area contributed by atoms with Crippen LogP contribution in [0.2, 0.25) is 0 Å². The number of unbranched alkanes of at least 4 members (excludes halogenated alkanes) is 3. The Hall–Kier alpha value is -0.130. The lowest BCUT2D eigenvalue weighted by Crippen LogP contribution is -2.43. The second-order valence-corrected chi connectivity index (χ2v) is 7.22. The van der Waals surface area contributed by atoms with Gasteiger partial charge in [0.2, 0.25) is 0 Å². The summed E-state index contributed by atoms with van der Waals surface area (Å²) in [6.07, 6.45) is 5.29. The smallest absolute Gasteiger partial charge is 0.152 e. The van der Waals surface area contributed by atoms with Gasteiger partial charge in [0.25, 0.3) is 0 Å². The topological polar surface area (TPSA) is 72.2 Å².